The molecule has 0 spiro atoms. The van der Waals surface area contributed by atoms with Crippen LogP contribution >= 0.6 is 0 Å². The molecular formula is C15H26O2. The van der Waals surface area contributed by atoms with Gasteiger partial charge in [0.1, 0.15) is 5.60 Å². The number of hydrogen-bond donors (Lipinski definition) is 0. The monoisotopic (exact) mass is 238 g/mol. The topological polar surface area (TPSA) is 26.3 Å². The SMILES string of the molecule is CC(=O)OC1(C)CC2CC3C2(C)C31C.CCC. The Hall–Kier alpha value is -0.530. The molecular weight excluding hydrogens is 212 g/mol. The fraction of sp³-hybridized carbons (Fsp3) is 0.933. The molecule has 0 saturated heterocycles. The van der Waals surface area contributed by atoms with Crippen molar-refractivity contribution in [1.29, 1.82) is 0 Å². The van der Waals surface area contributed by atoms with Crippen molar-refractivity contribution in [2.24, 2.45) is 22.7 Å². The van der Waals surface area contributed by atoms with E-state index in [9.17, 15) is 4.79 Å². The predicted molar refractivity (Wildman–Crippen MR) is 68.6 cm³/mol. The van der Waals surface area contributed by atoms with E-state index in [1.165, 1.54) is 19.8 Å². The third-order valence-electron chi connectivity index (χ3n) is 5.93. The zero-order valence-electron chi connectivity index (χ0n) is 12.1. The van der Waals surface area contributed by atoms with Crippen LogP contribution in [0.25, 0.3) is 0 Å². The second kappa shape index (κ2) is 3.49. The fourth-order valence-electron chi connectivity index (χ4n) is 4.88. The van der Waals surface area contributed by atoms with Crippen LogP contribution in [0.5, 0.6) is 0 Å². The average molecular weight is 238 g/mol. The third-order valence-corrected chi connectivity index (χ3v) is 5.93. The van der Waals surface area contributed by atoms with Gasteiger partial charge in [-0.3, -0.25) is 4.79 Å². The number of esters is 1. The van der Waals surface area contributed by atoms with Crippen LogP contribution in [0.4, 0.5) is 0 Å². The molecule has 0 aliphatic heterocycles. The zero-order chi connectivity index (χ0) is 13.1. The lowest BCUT2D eigenvalue weighted by molar-refractivity contribution is -0.164. The summed E-state index contributed by atoms with van der Waals surface area (Å²) in [6.07, 6.45) is 3.69. The molecule has 5 unspecified atom stereocenters. The van der Waals surface area contributed by atoms with Crippen molar-refractivity contribution in [2.45, 2.75) is 66.4 Å². The van der Waals surface area contributed by atoms with Gasteiger partial charge in [-0.25, -0.2) is 0 Å². The van der Waals surface area contributed by atoms with Gasteiger partial charge in [0.25, 0.3) is 0 Å². The van der Waals surface area contributed by atoms with Gasteiger partial charge in [0, 0.05) is 12.3 Å². The van der Waals surface area contributed by atoms with Crippen molar-refractivity contribution < 1.29 is 9.53 Å². The molecule has 3 aliphatic rings. The molecule has 5 atom stereocenters. The zero-order valence-corrected chi connectivity index (χ0v) is 12.1. The molecule has 17 heavy (non-hydrogen) atoms. The fourth-order valence-corrected chi connectivity index (χ4v) is 4.88. The van der Waals surface area contributed by atoms with Gasteiger partial charge in [-0.15, -0.1) is 0 Å². The summed E-state index contributed by atoms with van der Waals surface area (Å²) in [6, 6.07) is 0. The number of ether oxygens (including phenoxy) is 1. The second-order valence-electron chi connectivity index (χ2n) is 6.71. The second-order valence-corrected chi connectivity index (χ2v) is 6.71. The maximum atomic E-state index is 11.1. The first-order valence-corrected chi connectivity index (χ1v) is 6.97. The van der Waals surface area contributed by atoms with Crippen LogP contribution in [-0.2, 0) is 9.53 Å². The molecule has 3 aliphatic carbocycles. The summed E-state index contributed by atoms with van der Waals surface area (Å²) in [5.41, 5.74) is 0.592. The van der Waals surface area contributed by atoms with E-state index >= 15 is 0 Å². The molecule has 3 rings (SSSR count). The van der Waals surface area contributed by atoms with E-state index in [1.807, 2.05) is 0 Å². The number of rotatable bonds is 1. The van der Waals surface area contributed by atoms with E-state index in [0.29, 0.717) is 5.41 Å². The van der Waals surface area contributed by atoms with Crippen LogP contribution in [0.3, 0.4) is 0 Å². The Balaban J connectivity index is 0.000000329. The van der Waals surface area contributed by atoms with Gasteiger partial charge in [0.05, 0.1) is 0 Å². The summed E-state index contributed by atoms with van der Waals surface area (Å²) >= 11 is 0. The highest BCUT2D eigenvalue weighted by atomic mass is 16.6. The van der Waals surface area contributed by atoms with Crippen molar-refractivity contribution in [1.82, 2.24) is 0 Å². The van der Waals surface area contributed by atoms with Crippen LogP contribution < -0.4 is 0 Å². The molecule has 0 aromatic rings. The number of fused-ring (bicyclic) bond motifs is 1. The van der Waals surface area contributed by atoms with Crippen molar-refractivity contribution >= 4 is 5.97 Å². The molecule has 2 heteroatoms. The molecule has 0 aromatic carbocycles. The average Bonchev–Trinajstić information content (AvgIpc) is 2.53. The smallest absolute Gasteiger partial charge is 0.303 e. The van der Waals surface area contributed by atoms with Gasteiger partial charge >= 0.3 is 5.97 Å². The van der Waals surface area contributed by atoms with Crippen LogP contribution in [0.1, 0.15) is 60.8 Å². The summed E-state index contributed by atoms with van der Waals surface area (Å²) in [4.78, 5) is 11.1. The lowest BCUT2D eigenvalue weighted by Gasteiger charge is -2.39. The van der Waals surface area contributed by atoms with Crippen LogP contribution in [-0.4, -0.2) is 11.6 Å². The summed E-state index contributed by atoms with van der Waals surface area (Å²) in [7, 11) is 0. The van der Waals surface area contributed by atoms with Gasteiger partial charge in [-0.1, -0.05) is 34.1 Å². The van der Waals surface area contributed by atoms with Crippen LogP contribution in [0.2, 0.25) is 0 Å². The Morgan fingerprint density at radius 2 is 1.82 bits per heavy atom. The molecule has 0 radical (unpaired) electrons. The maximum absolute atomic E-state index is 11.1. The first-order chi connectivity index (χ1) is 7.78. The minimum atomic E-state index is -0.179. The number of carbonyl (C=O) groups is 1. The molecule has 0 N–H and O–H groups in total. The first kappa shape index (κ1) is 12.9. The highest BCUT2D eigenvalue weighted by Crippen LogP contribution is 2.92. The van der Waals surface area contributed by atoms with Gasteiger partial charge in [0.2, 0.25) is 0 Å². The minimum Gasteiger partial charge on any atom is -0.459 e. The van der Waals surface area contributed by atoms with Crippen molar-refractivity contribution in [3.63, 3.8) is 0 Å². The minimum absolute atomic E-state index is 0.121. The first-order valence-electron chi connectivity index (χ1n) is 6.97. The highest BCUT2D eigenvalue weighted by molar-refractivity contribution is 5.67. The Kier molecular flexibility index (Phi) is 2.65. The normalized spacial score (nSPS) is 52.8. The molecule has 3 saturated carbocycles. The quantitative estimate of drug-likeness (QED) is 0.650. The van der Waals surface area contributed by atoms with Gasteiger partial charge in [-0.2, -0.15) is 0 Å². The van der Waals surface area contributed by atoms with Crippen LogP contribution in [0.15, 0.2) is 0 Å². The van der Waals surface area contributed by atoms with E-state index in [-0.39, 0.29) is 17.0 Å². The highest BCUT2D eigenvalue weighted by Gasteiger charge is 2.90. The summed E-state index contributed by atoms with van der Waals surface area (Å²) < 4.78 is 5.58. The molecule has 3 fully saturated rings. The molecule has 0 heterocycles. The van der Waals surface area contributed by atoms with Gasteiger partial charge < -0.3 is 4.74 Å². The summed E-state index contributed by atoms with van der Waals surface area (Å²) in [5, 5.41) is 0. The standard InChI is InChI=1S/C12H18O2.C3H8/c1-7(13)14-10(2)6-8-5-9-11(8,3)12(9,10)4;1-3-2/h8-9H,5-6H2,1-4H3;3H2,1-2H3. The maximum Gasteiger partial charge on any atom is 0.303 e. The largest absolute Gasteiger partial charge is 0.459 e. The van der Waals surface area contributed by atoms with Crippen molar-refractivity contribution in [2.75, 3.05) is 0 Å². The Morgan fingerprint density at radius 3 is 2.12 bits per heavy atom. The molecule has 2 nitrogen and oxygen atoms in total. The van der Waals surface area contributed by atoms with Crippen molar-refractivity contribution in [3.8, 4) is 0 Å². The van der Waals surface area contributed by atoms with Crippen LogP contribution in [0, 0.1) is 22.7 Å². The number of carbonyl (C=O) groups excluding carboxylic acids is 1. The number of hydrogen-bond acceptors (Lipinski definition) is 2. The molecule has 0 amide bonds. The summed E-state index contributed by atoms with van der Waals surface area (Å²) in [5.74, 6) is 1.50. The Bertz CT molecular complexity index is 345. The van der Waals surface area contributed by atoms with Gasteiger partial charge in [0.15, 0.2) is 0 Å². The van der Waals surface area contributed by atoms with E-state index in [4.69, 9.17) is 4.74 Å². The third kappa shape index (κ3) is 1.25. The predicted octanol–water partition coefficient (Wildman–Crippen LogP) is 3.79. The van der Waals surface area contributed by atoms with E-state index < -0.39 is 0 Å². The van der Waals surface area contributed by atoms with Crippen molar-refractivity contribution in [3.05, 3.63) is 0 Å². The van der Waals surface area contributed by atoms with E-state index in [2.05, 4.69) is 34.6 Å². The Morgan fingerprint density at radius 1 is 1.29 bits per heavy atom. The van der Waals surface area contributed by atoms with E-state index in [1.54, 1.807) is 0 Å². The van der Waals surface area contributed by atoms with E-state index in [0.717, 1.165) is 18.3 Å². The Labute approximate surface area is 105 Å². The summed E-state index contributed by atoms with van der Waals surface area (Å²) in [6.45, 7) is 12.6. The molecule has 0 bridgehead atoms. The molecule has 0 aromatic heterocycles. The van der Waals surface area contributed by atoms with Gasteiger partial charge in [-0.05, 0) is 37.0 Å². The lowest BCUT2D eigenvalue weighted by atomic mass is 9.71. The molecule has 98 valence electrons. The lowest BCUT2D eigenvalue weighted by Crippen LogP contribution is -2.41.